The van der Waals surface area contributed by atoms with Gasteiger partial charge in [-0.05, 0) is 13.0 Å². The van der Waals surface area contributed by atoms with Gasteiger partial charge in [-0.1, -0.05) is 0 Å². The third kappa shape index (κ3) is 2.43. The fourth-order valence-corrected chi connectivity index (χ4v) is 1.50. The van der Waals surface area contributed by atoms with Crippen LogP contribution in [-0.2, 0) is 13.5 Å². The van der Waals surface area contributed by atoms with Crippen molar-refractivity contribution < 1.29 is 0 Å². The molecule has 0 spiro atoms. The normalized spacial score (nSPS) is 12.7. The highest BCUT2D eigenvalue weighted by Gasteiger charge is 2.10. The van der Waals surface area contributed by atoms with E-state index >= 15 is 0 Å². The number of aromatic nitrogens is 4. The van der Waals surface area contributed by atoms with Crippen LogP contribution < -0.4 is 5.73 Å². The van der Waals surface area contributed by atoms with Crippen molar-refractivity contribution in [3.63, 3.8) is 0 Å². The first-order valence-electron chi connectivity index (χ1n) is 5.18. The molecule has 1 unspecified atom stereocenters. The third-order valence-electron chi connectivity index (χ3n) is 2.38. The Labute approximate surface area is 94.3 Å². The van der Waals surface area contributed by atoms with Crippen molar-refractivity contribution in [3.8, 4) is 0 Å². The van der Waals surface area contributed by atoms with Gasteiger partial charge in [-0.25, -0.2) is 0 Å². The number of nitrogens with two attached hydrogens (primary N) is 1. The van der Waals surface area contributed by atoms with Gasteiger partial charge >= 0.3 is 0 Å². The minimum Gasteiger partial charge on any atom is -0.322 e. The Bertz CT molecular complexity index is 459. The Morgan fingerprint density at radius 2 is 2.19 bits per heavy atom. The average Bonchev–Trinajstić information content (AvgIpc) is 2.65. The highest BCUT2D eigenvalue weighted by atomic mass is 15.2. The zero-order valence-electron chi connectivity index (χ0n) is 9.46. The van der Waals surface area contributed by atoms with E-state index in [0.717, 1.165) is 17.1 Å². The lowest BCUT2D eigenvalue weighted by atomic mass is 10.1. The molecule has 0 fully saturated rings. The fourth-order valence-electron chi connectivity index (χ4n) is 1.50. The van der Waals surface area contributed by atoms with Crippen LogP contribution in [0.2, 0.25) is 0 Å². The van der Waals surface area contributed by atoms with E-state index in [4.69, 9.17) is 5.73 Å². The summed E-state index contributed by atoms with van der Waals surface area (Å²) in [7, 11) is 1.89. The van der Waals surface area contributed by atoms with Crippen molar-refractivity contribution in [1.29, 1.82) is 0 Å². The summed E-state index contributed by atoms with van der Waals surface area (Å²) in [6, 6.07) is 1.81. The molecular weight excluding hydrogens is 202 g/mol. The van der Waals surface area contributed by atoms with Crippen LogP contribution in [0.15, 0.2) is 24.7 Å². The van der Waals surface area contributed by atoms with E-state index in [-0.39, 0.29) is 6.04 Å². The Morgan fingerprint density at radius 3 is 2.75 bits per heavy atom. The Kier molecular flexibility index (Phi) is 2.96. The second-order valence-electron chi connectivity index (χ2n) is 3.87. The maximum atomic E-state index is 6.03. The molecule has 2 N–H and O–H groups in total. The summed E-state index contributed by atoms with van der Waals surface area (Å²) in [4.78, 5) is 8.44. The molecule has 0 saturated carbocycles. The molecule has 2 aromatic rings. The molecule has 0 aliphatic carbocycles. The molecule has 0 bridgehead atoms. The highest BCUT2D eigenvalue weighted by molar-refractivity contribution is 5.10. The van der Waals surface area contributed by atoms with Gasteiger partial charge in [-0.2, -0.15) is 5.10 Å². The lowest BCUT2D eigenvalue weighted by molar-refractivity contribution is 0.656. The van der Waals surface area contributed by atoms with Crippen molar-refractivity contribution in [2.45, 2.75) is 19.4 Å². The molecule has 0 aliphatic heterocycles. The predicted molar refractivity (Wildman–Crippen MR) is 60.6 cm³/mol. The Morgan fingerprint density at radius 1 is 1.38 bits per heavy atom. The van der Waals surface area contributed by atoms with Crippen LogP contribution in [0.5, 0.6) is 0 Å². The van der Waals surface area contributed by atoms with Gasteiger partial charge in [0.05, 0.1) is 29.3 Å². The third-order valence-corrected chi connectivity index (χ3v) is 2.38. The minimum atomic E-state index is -0.150. The van der Waals surface area contributed by atoms with Gasteiger partial charge in [-0.3, -0.25) is 14.6 Å². The van der Waals surface area contributed by atoms with Gasteiger partial charge in [0, 0.05) is 25.9 Å². The summed E-state index contributed by atoms with van der Waals surface area (Å²) >= 11 is 0. The van der Waals surface area contributed by atoms with Crippen molar-refractivity contribution in [2.24, 2.45) is 12.8 Å². The first kappa shape index (κ1) is 10.8. The average molecular weight is 217 g/mol. The first-order chi connectivity index (χ1) is 7.65. The van der Waals surface area contributed by atoms with Crippen molar-refractivity contribution in [3.05, 3.63) is 41.7 Å². The molecule has 0 radical (unpaired) electrons. The number of nitrogens with zero attached hydrogens (tertiary/aromatic N) is 4. The van der Waals surface area contributed by atoms with Crippen LogP contribution in [0.25, 0.3) is 0 Å². The Hall–Kier alpha value is -1.75. The summed E-state index contributed by atoms with van der Waals surface area (Å²) in [5.41, 5.74) is 8.70. The smallest absolute Gasteiger partial charge is 0.0758 e. The number of hydrogen-bond acceptors (Lipinski definition) is 4. The zero-order chi connectivity index (χ0) is 11.5. The Balaban J connectivity index is 2.08. The van der Waals surface area contributed by atoms with Crippen LogP contribution in [0.3, 0.4) is 0 Å². The van der Waals surface area contributed by atoms with Gasteiger partial charge in [0.1, 0.15) is 0 Å². The molecular formula is C11H15N5. The van der Waals surface area contributed by atoms with E-state index in [0.29, 0.717) is 6.42 Å². The monoisotopic (exact) mass is 217 g/mol. The molecule has 2 rings (SSSR count). The molecule has 0 saturated heterocycles. The topological polar surface area (TPSA) is 69.6 Å². The fraction of sp³-hybridized carbons (Fsp3) is 0.364. The molecule has 5 nitrogen and oxygen atoms in total. The largest absolute Gasteiger partial charge is 0.322 e. The van der Waals surface area contributed by atoms with Crippen LogP contribution in [0.1, 0.15) is 23.1 Å². The summed E-state index contributed by atoms with van der Waals surface area (Å²) in [5, 5.41) is 4.28. The van der Waals surface area contributed by atoms with Crippen molar-refractivity contribution in [1.82, 2.24) is 19.7 Å². The standard InChI is InChI=1S/C11H15N5/c1-8-6-14-11(7-13-8)10(12)5-9-3-4-16(2)15-9/h3-4,6-7,10H,5,12H2,1-2H3. The molecule has 0 aromatic carbocycles. The predicted octanol–water partition coefficient (Wildman–Crippen LogP) is 0.761. The lowest BCUT2D eigenvalue weighted by Crippen LogP contribution is -2.15. The zero-order valence-corrected chi connectivity index (χ0v) is 9.46. The minimum absolute atomic E-state index is 0.150. The van der Waals surface area contributed by atoms with Gasteiger partial charge in [0.2, 0.25) is 0 Å². The lowest BCUT2D eigenvalue weighted by Gasteiger charge is -2.08. The van der Waals surface area contributed by atoms with E-state index in [9.17, 15) is 0 Å². The molecule has 0 aliphatic rings. The maximum Gasteiger partial charge on any atom is 0.0758 e. The van der Waals surface area contributed by atoms with Gasteiger partial charge < -0.3 is 5.73 Å². The van der Waals surface area contributed by atoms with Crippen LogP contribution in [0, 0.1) is 6.92 Å². The summed E-state index contributed by atoms with van der Waals surface area (Å²) in [6.45, 7) is 1.90. The number of hydrogen-bond donors (Lipinski definition) is 1. The van der Waals surface area contributed by atoms with Crippen molar-refractivity contribution in [2.75, 3.05) is 0 Å². The number of aryl methyl sites for hydroxylation is 2. The van der Waals surface area contributed by atoms with E-state index in [2.05, 4.69) is 15.1 Å². The van der Waals surface area contributed by atoms with E-state index < -0.39 is 0 Å². The summed E-state index contributed by atoms with van der Waals surface area (Å²) < 4.78 is 1.77. The second kappa shape index (κ2) is 4.40. The molecule has 84 valence electrons. The molecule has 2 heterocycles. The maximum absolute atomic E-state index is 6.03. The van der Waals surface area contributed by atoms with Crippen LogP contribution >= 0.6 is 0 Å². The molecule has 1 atom stereocenters. The molecule has 5 heteroatoms. The second-order valence-corrected chi connectivity index (χ2v) is 3.87. The van der Waals surface area contributed by atoms with Crippen LogP contribution in [0.4, 0.5) is 0 Å². The van der Waals surface area contributed by atoms with Gasteiger partial charge in [0.15, 0.2) is 0 Å². The SMILES string of the molecule is Cc1cnc(C(N)Cc2ccn(C)n2)cn1. The summed E-state index contributed by atoms with van der Waals surface area (Å²) in [6.07, 6.45) is 6.04. The van der Waals surface area contributed by atoms with E-state index in [1.165, 1.54) is 0 Å². The molecule has 2 aromatic heterocycles. The van der Waals surface area contributed by atoms with Gasteiger partial charge in [-0.15, -0.1) is 0 Å². The number of rotatable bonds is 3. The van der Waals surface area contributed by atoms with E-state index in [1.807, 2.05) is 26.2 Å². The van der Waals surface area contributed by atoms with Gasteiger partial charge in [0.25, 0.3) is 0 Å². The van der Waals surface area contributed by atoms with Crippen LogP contribution in [-0.4, -0.2) is 19.7 Å². The quantitative estimate of drug-likeness (QED) is 0.824. The highest BCUT2D eigenvalue weighted by Crippen LogP contribution is 2.11. The van der Waals surface area contributed by atoms with E-state index in [1.54, 1.807) is 17.1 Å². The molecule has 0 amide bonds. The first-order valence-corrected chi connectivity index (χ1v) is 5.18. The molecule has 16 heavy (non-hydrogen) atoms. The van der Waals surface area contributed by atoms with Crippen molar-refractivity contribution >= 4 is 0 Å². The summed E-state index contributed by atoms with van der Waals surface area (Å²) in [5.74, 6) is 0.